The SMILES string of the molecule is CC1=C(C(=O)c2ccccc2)CC(C[Se]c2ccccc2)O1. The second-order valence-corrected chi connectivity index (χ2v) is 7.59. The predicted molar refractivity (Wildman–Crippen MR) is 89.6 cm³/mol. The Morgan fingerprint density at radius 3 is 2.41 bits per heavy atom. The molecule has 2 aromatic rings. The van der Waals surface area contributed by atoms with E-state index in [4.69, 9.17) is 4.74 Å². The Morgan fingerprint density at radius 1 is 1.09 bits per heavy atom. The van der Waals surface area contributed by atoms with Crippen LogP contribution in [0.3, 0.4) is 0 Å². The Bertz CT molecular complexity index is 677. The zero-order valence-corrected chi connectivity index (χ0v) is 14.2. The van der Waals surface area contributed by atoms with Gasteiger partial charge in [-0.1, -0.05) is 0 Å². The minimum absolute atomic E-state index is 0.104. The van der Waals surface area contributed by atoms with Crippen molar-refractivity contribution in [2.24, 2.45) is 0 Å². The average molecular weight is 357 g/mol. The van der Waals surface area contributed by atoms with Gasteiger partial charge in [0.15, 0.2) is 0 Å². The third kappa shape index (κ3) is 3.49. The molecule has 0 fully saturated rings. The van der Waals surface area contributed by atoms with Crippen LogP contribution in [0.15, 0.2) is 72.0 Å². The Balaban J connectivity index is 1.61. The van der Waals surface area contributed by atoms with Gasteiger partial charge in [0.1, 0.15) is 0 Å². The molecule has 112 valence electrons. The summed E-state index contributed by atoms with van der Waals surface area (Å²) in [7, 11) is 0. The number of benzene rings is 2. The molecule has 0 radical (unpaired) electrons. The summed E-state index contributed by atoms with van der Waals surface area (Å²) < 4.78 is 7.29. The van der Waals surface area contributed by atoms with Crippen molar-refractivity contribution in [3.63, 3.8) is 0 Å². The second kappa shape index (κ2) is 6.95. The van der Waals surface area contributed by atoms with Crippen molar-refractivity contribution in [1.29, 1.82) is 0 Å². The normalized spacial score (nSPS) is 17.4. The summed E-state index contributed by atoms with van der Waals surface area (Å²) in [6.45, 7) is 1.91. The van der Waals surface area contributed by atoms with Gasteiger partial charge in [0.05, 0.1) is 0 Å². The van der Waals surface area contributed by atoms with Crippen molar-refractivity contribution in [2.75, 3.05) is 0 Å². The maximum atomic E-state index is 12.5. The average Bonchev–Trinajstić information content (AvgIpc) is 2.95. The third-order valence-electron chi connectivity index (χ3n) is 3.69. The number of carbonyl (C=O) groups excluding carboxylic acids is 1. The second-order valence-electron chi connectivity index (χ2n) is 5.30. The summed E-state index contributed by atoms with van der Waals surface area (Å²) in [5, 5.41) is 1.000. The van der Waals surface area contributed by atoms with Crippen LogP contribution >= 0.6 is 0 Å². The van der Waals surface area contributed by atoms with Gasteiger partial charge in [0.2, 0.25) is 0 Å². The first-order chi connectivity index (χ1) is 10.7. The van der Waals surface area contributed by atoms with Crippen molar-refractivity contribution >= 4 is 25.2 Å². The van der Waals surface area contributed by atoms with E-state index in [2.05, 4.69) is 24.3 Å². The van der Waals surface area contributed by atoms with E-state index < -0.39 is 0 Å². The molecule has 3 heteroatoms. The molecule has 0 spiro atoms. The summed E-state index contributed by atoms with van der Waals surface area (Å²) in [5.41, 5.74) is 1.58. The molecule has 0 N–H and O–H groups in total. The first-order valence-corrected chi connectivity index (χ1v) is 9.45. The number of allylic oxidation sites excluding steroid dienone is 1. The summed E-state index contributed by atoms with van der Waals surface area (Å²) in [4.78, 5) is 12.5. The summed E-state index contributed by atoms with van der Waals surface area (Å²) in [5.74, 6) is 0.899. The first-order valence-electron chi connectivity index (χ1n) is 7.38. The van der Waals surface area contributed by atoms with Gasteiger partial charge >= 0.3 is 137 Å². The van der Waals surface area contributed by atoms with E-state index in [1.54, 1.807) is 0 Å². The molecule has 2 aromatic carbocycles. The van der Waals surface area contributed by atoms with Crippen molar-refractivity contribution in [3.05, 3.63) is 77.6 Å². The molecule has 1 atom stereocenters. The van der Waals surface area contributed by atoms with Gasteiger partial charge in [-0.3, -0.25) is 0 Å². The number of Topliss-reactive ketones (excluding diaryl/α,β-unsaturated/α-hetero) is 1. The fourth-order valence-electron chi connectivity index (χ4n) is 2.55. The van der Waals surface area contributed by atoms with Gasteiger partial charge in [-0.15, -0.1) is 0 Å². The monoisotopic (exact) mass is 358 g/mol. The maximum absolute atomic E-state index is 12.5. The van der Waals surface area contributed by atoms with E-state index in [1.165, 1.54) is 4.46 Å². The number of rotatable bonds is 5. The molecule has 1 aliphatic rings. The molecule has 1 heterocycles. The number of ketones is 1. The molecule has 22 heavy (non-hydrogen) atoms. The van der Waals surface area contributed by atoms with Gasteiger partial charge in [-0.05, 0) is 0 Å². The van der Waals surface area contributed by atoms with Gasteiger partial charge in [0, 0.05) is 0 Å². The Kier molecular flexibility index (Phi) is 4.77. The van der Waals surface area contributed by atoms with Crippen molar-refractivity contribution in [1.82, 2.24) is 0 Å². The fourth-order valence-corrected chi connectivity index (χ4v) is 4.47. The molecule has 0 amide bonds. The van der Waals surface area contributed by atoms with Crippen LogP contribution in [-0.2, 0) is 4.74 Å². The number of hydrogen-bond donors (Lipinski definition) is 0. The molecule has 0 saturated heterocycles. The standard InChI is InChI=1S/C19H18O2Se/c1-14-18(19(20)15-8-4-2-5-9-15)12-16(21-14)13-22-17-10-6-3-7-11-17/h2-11,16H,12-13H2,1H3. The molecule has 0 aliphatic carbocycles. The van der Waals surface area contributed by atoms with Crippen LogP contribution in [0.2, 0.25) is 5.32 Å². The van der Waals surface area contributed by atoms with E-state index in [-0.39, 0.29) is 11.9 Å². The molecule has 2 nitrogen and oxygen atoms in total. The predicted octanol–water partition coefficient (Wildman–Crippen LogP) is 3.38. The number of hydrogen-bond acceptors (Lipinski definition) is 2. The van der Waals surface area contributed by atoms with Gasteiger partial charge in [0.25, 0.3) is 0 Å². The first kappa shape index (κ1) is 15.1. The number of ether oxygens (including phenoxy) is 1. The fraction of sp³-hybridized carbons (Fsp3) is 0.211. The van der Waals surface area contributed by atoms with Gasteiger partial charge < -0.3 is 0 Å². The van der Waals surface area contributed by atoms with Crippen LogP contribution in [0.4, 0.5) is 0 Å². The van der Waals surface area contributed by atoms with E-state index in [0.29, 0.717) is 15.0 Å². The molecular formula is C19H18O2Se. The molecule has 1 unspecified atom stereocenters. The van der Waals surface area contributed by atoms with Crippen LogP contribution < -0.4 is 4.46 Å². The molecular weight excluding hydrogens is 339 g/mol. The van der Waals surface area contributed by atoms with E-state index in [1.807, 2.05) is 43.3 Å². The van der Waals surface area contributed by atoms with E-state index in [0.717, 1.165) is 28.6 Å². The van der Waals surface area contributed by atoms with Crippen LogP contribution in [0.25, 0.3) is 0 Å². The van der Waals surface area contributed by atoms with Crippen LogP contribution in [0, 0.1) is 0 Å². The molecule has 0 saturated carbocycles. The van der Waals surface area contributed by atoms with Crippen LogP contribution in [0.1, 0.15) is 23.7 Å². The minimum atomic E-state index is 0.104. The summed E-state index contributed by atoms with van der Waals surface area (Å²) >= 11 is 0.386. The van der Waals surface area contributed by atoms with Crippen LogP contribution in [-0.4, -0.2) is 26.8 Å². The van der Waals surface area contributed by atoms with Crippen LogP contribution in [0.5, 0.6) is 0 Å². The molecule has 0 aromatic heterocycles. The zero-order chi connectivity index (χ0) is 15.4. The van der Waals surface area contributed by atoms with Crippen molar-refractivity contribution in [2.45, 2.75) is 24.8 Å². The summed E-state index contributed by atoms with van der Waals surface area (Å²) in [6, 6.07) is 19.9. The summed E-state index contributed by atoms with van der Waals surface area (Å²) in [6.07, 6.45) is 0.872. The van der Waals surface area contributed by atoms with Gasteiger partial charge in [-0.25, -0.2) is 0 Å². The van der Waals surface area contributed by atoms with Crippen molar-refractivity contribution < 1.29 is 9.53 Å². The van der Waals surface area contributed by atoms with Gasteiger partial charge in [-0.2, -0.15) is 0 Å². The van der Waals surface area contributed by atoms with E-state index >= 15 is 0 Å². The molecule has 1 aliphatic heterocycles. The molecule has 0 bridgehead atoms. The third-order valence-corrected chi connectivity index (χ3v) is 6.09. The Labute approximate surface area is 137 Å². The number of carbonyl (C=O) groups is 1. The zero-order valence-electron chi connectivity index (χ0n) is 12.5. The quantitative estimate of drug-likeness (QED) is 0.606. The van der Waals surface area contributed by atoms with E-state index in [9.17, 15) is 4.79 Å². The Hall–Kier alpha value is -1.83. The van der Waals surface area contributed by atoms with Crippen molar-refractivity contribution in [3.8, 4) is 0 Å². The Morgan fingerprint density at radius 2 is 1.73 bits per heavy atom. The topological polar surface area (TPSA) is 26.3 Å². The molecule has 3 rings (SSSR count).